The molecular formula is C17H26ClN5O. The summed E-state index contributed by atoms with van der Waals surface area (Å²) >= 11 is 6.04. The summed E-state index contributed by atoms with van der Waals surface area (Å²) in [5.74, 6) is 1.78. The van der Waals surface area contributed by atoms with E-state index in [-0.39, 0.29) is 0 Å². The van der Waals surface area contributed by atoms with Crippen LogP contribution in [0, 0.1) is 13.8 Å². The molecule has 0 atom stereocenters. The van der Waals surface area contributed by atoms with Gasteiger partial charge in [-0.2, -0.15) is 0 Å². The van der Waals surface area contributed by atoms with Crippen molar-refractivity contribution in [1.29, 1.82) is 0 Å². The molecule has 0 bridgehead atoms. The molecule has 0 radical (unpaired) electrons. The Morgan fingerprint density at radius 3 is 2.75 bits per heavy atom. The van der Waals surface area contributed by atoms with Gasteiger partial charge in [-0.25, -0.2) is 0 Å². The first-order chi connectivity index (χ1) is 11.4. The SMILES string of the molecule is CN=C(NCCCc1c(C)noc1C)N(C)Cc1cc(Cl)cn1C. The van der Waals surface area contributed by atoms with Gasteiger partial charge in [-0.3, -0.25) is 4.99 Å². The van der Waals surface area contributed by atoms with Crippen LogP contribution in [0.15, 0.2) is 21.8 Å². The van der Waals surface area contributed by atoms with E-state index in [1.54, 1.807) is 7.05 Å². The summed E-state index contributed by atoms with van der Waals surface area (Å²) in [7, 11) is 5.81. The molecule has 6 nitrogen and oxygen atoms in total. The van der Waals surface area contributed by atoms with Crippen molar-refractivity contribution in [2.45, 2.75) is 33.2 Å². The molecule has 0 unspecified atom stereocenters. The zero-order valence-electron chi connectivity index (χ0n) is 15.1. The number of hydrogen-bond donors (Lipinski definition) is 1. The minimum absolute atomic E-state index is 0.743. The summed E-state index contributed by atoms with van der Waals surface area (Å²) < 4.78 is 7.23. The minimum Gasteiger partial charge on any atom is -0.361 e. The van der Waals surface area contributed by atoms with E-state index in [4.69, 9.17) is 16.1 Å². The van der Waals surface area contributed by atoms with Gasteiger partial charge < -0.3 is 19.3 Å². The van der Waals surface area contributed by atoms with Gasteiger partial charge in [0, 0.05) is 45.1 Å². The van der Waals surface area contributed by atoms with Crippen molar-refractivity contribution < 1.29 is 4.52 Å². The van der Waals surface area contributed by atoms with Crippen LogP contribution in [0.5, 0.6) is 0 Å². The second-order valence-corrected chi connectivity index (χ2v) is 6.43. The van der Waals surface area contributed by atoms with E-state index in [0.29, 0.717) is 0 Å². The van der Waals surface area contributed by atoms with Gasteiger partial charge in [0.25, 0.3) is 0 Å². The average Bonchev–Trinajstić information content (AvgIpc) is 3.01. The average molecular weight is 352 g/mol. The molecule has 2 aromatic heterocycles. The molecule has 0 saturated carbocycles. The smallest absolute Gasteiger partial charge is 0.193 e. The third-order valence-corrected chi connectivity index (χ3v) is 4.32. The zero-order chi connectivity index (χ0) is 17.7. The van der Waals surface area contributed by atoms with Gasteiger partial charge in [0.15, 0.2) is 5.96 Å². The second kappa shape index (κ2) is 8.24. The van der Waals surface area contributed by atoms with E-state index >= 15 is 0 Å². The van der Waals surface area contributed by atoms with E-state index in [1.165, 1.54) is 5.56 Å². The molecule has 0 aliphatic heterocycles. The molecule has 24 heavy (non-hydrogen) atoms. The summed E-state index contributed by atoms with van der Waals surface area (Å²) in [6, 6.07) is 1.97. The lowest BCUT2D eigenvalue weighted by Gasteiger charge is -2.22. The monoisotopic (exact) mass is 351 g/mol. The highest BCUT2D eigenvalue weighted by molar-refractivity contribution is 6.30. The van der Waals surface area contributed by atoms with Crippen molar-refractivity contribution in [3.63, 3.8) is 0 Å². The quantitative estimate of drug-likeness (QED) is 0.494. The molecule has 0 aromatic carbocycles. The van der Waals surface area contributed by atoms with Crippen LogP contribution < -0.4 is 5.32 Å². The van der Waals surface area contributed by atoms with Gasteiger partial charge in [0.05, 0.1) is 17.3 Å². The number of nitrogens with zero attached hydrogens (tertiary/aromatic N) is 4. The first-order valence-electron chi connectivity index (χ1n) is 8.06. The Kier molecular flexibility index (Phi) is 6.31. The predicted molar refractivity (Wildman–Crippen MR) is 97.5 cm³/mol. The van der Waals surface area contributed by atoms with Gasteiger partial charge in [0.1, 0.15) is 5.76 Å². The fourth-order valence-electron chi connectivity index (χ4n) is 2.75. The van der Waals surface area contributed by atoms with Crippen LogP contribution in [0.2, 0.25) is 5.02 Å². The Balaban J connectivity index is 1.82. The van der Waals surface area contributed by atoms with Gasteiger partial charge in [-0.15, -0.1) is 0 Å². The minimum atomic E-state index is 0.743. The van der Waals surface area contributed by atoms with E-state index in [2.05, 4.69) is 20.4 Å². The van der Waals surface area contributed by atoms with Crippen LogP contribution in [0.3, 0.4) is 0 Å². The maximum absolute atomic E-state index is 6.04. The van der Waals surface area contributed by atoms with Gasteiger partial charge in [-0.05, 0) is 32.8 Å². The van der Waals surface area contributed by atoms with Crippen molar-refractivity contribution in [3.05, 3.63) is 40.0 Å². The summed E-state index contributed by atoms with van der Waals surface area (Å²) in [5, 5.41) is 8.14. The lowest BCUT2D eigenvalue weighted by Crippen LogP contribution is -2.39. The van der Waals surface area contributed by atoms with E-state index in [1.807, 2.05) is 44.8 Å². The first-order valence-corrected chi connectivity index (χ1v) is 8.44. The molecular weight excluding hydrogens is 326 g/mol. The third kappa shape index (κ3) is 4.54. The molecule has 0 saturated heterocycles. The number of guanidine groups is 1. The van der Waals surface area contributed by atoms with E-state index in [9.17, 15) is 0 Å². The second-order valence-electron chi connectivity index (χ2n) is 6.00. The molecule has 2 aromatic rings. The van der Waals surface area contributed by atoms with Crippen LogP contribution in [0.25, 0.3) is 0 Å². The van der Waals surface area contributed by atoms with Crippen molar-refractivity contribution in [2.24, 2.45) is 12.0 Å². The van der Waals surface area contributed by atoms with E-state index < -0.39 is 0 Å². The predicted octanol–water partition coefficient (Wildman–Crippen LogP) is 2.92. The Morgan fingerprint density at radius 1 is 1.46 bits per heavy atom. The normalized spacial score (nSPS) is 11.8. The number of nitrogens with one attached hydrogen (secondary N) is 1. The summed E-state index contributed by atoms with van der Waals surface area (Å²) in [6.07, 6.45) is 3.85. The topological polar surface area (TPSA) is 58.6 Å². The highest BCUT2D eigenvalue weighted by atomic mass is 35.5. The van der Waals surface area contributed by atoms with Crippen LogP contribution >= 0.6 is 11.6 Å². The Labute approximate surface area is 148 Å². The van der Waals surface area contributed by atoms with Crippen molar-refractivity contribution in [3.8, 4) is 0 Å². The fourth-order valence-corrected chi connectivity index (χ4v) is 3.02. The number of halogens is 1. The molecule has 132 valence electrons. The van der Waals surface area contributed by atoms with Gasteiger partial charge >= 0.3 is 0 Å². The van der Waals surface area contributed by atoms with Crippen LogP contribution in [0.1, 0.15) is 29.1 Å². The molecule has 2 rings (SSSR count). The maximum Gasteiger partial charge on any atom is 0.193 e. The van der Waals surface area contributed by atoms with Crippen LogP contribution in [0.4, 0.5) is 0 Å². The number of aromatic nitrogens is 2. The number of rotatable bonds is 6. The van der Waals surface area contributed by atoms with Crippen molar-refractivity contribution in [1.82, 2.24) is 19.9 Å². The van der Waals surface area contributed by atoms with Crippen molar-refractivity contribution in [2.75, 3.05) is 20.6 Å². The van der Waals surface area contributed by atoms with Gasteiger partial charge in [-0.1, -0.05) is 16.8 Å². The summed E-state index contributed by atoms with van der Waals surface area (Å²) in [5.41, 5.74) is 3.33. The highest BCUT2D eigenvalue weighted by Gasteiger charge is 2.11. The molecule has 2 heterocycles. The molecule has 1 N–H and O–H groups in total. The van der Waals surface area contributed by atoms with Crippen molar-refractivity contribution >= 4 is 17.6 Å². The van der Waals surface area contributed by atoms with E-state index in [0.717, 1.165) is 54.1 Å². The number of aryl methyl sites for hydroxylation is 3. The zero-order valence-corrected chi connectivity index (χ0v) is 15.8. The first kappa shape index (κ1) is 18.4. The summed E-state index contributed by atoms with van der Waals surface area (Å²) in [6.45, 7) is 5.53. The highest BCUT2D eigenvalue weighted by Crippen LogP contribution is 2.15. The standard InChI is InChI=1S/C17H26ClN5O/c1-12-16(13(2)24-21-12)7-6-8-20-17(19-3)23(5)11-15-9-14(18)10-22(15)4/h9-10H,6-8,11H2,1-5H3,(H,19,20). The lowest BCUT2D eigenvalue weighted by molar-refractivity contribution is 0.392. The lowest BCUT2D eigenvalue weighted by atomic mass is 10.1. The van der Waals surface area contributed by atoms with Crippen LogP contribution in [-0.2, 0) is 20.0 Å². The molecule has 0 spiro atoms. The molecule has 0 aliphatic rings. The number of aliphatic imine (C=N–C) groups is 1. The van der Waals surface area contributed by atoms with Gasteiger partial charge in [0.2, 0.25) is 0 Å². The third-order valence-electron chi connectivity index (χ3n) is 4.11. The Bertz CT molecular complexity index is 684. The fraction of sp³-hybridized carbons (Fsp3) is 0.529. The molecule has 0 aliphatic carbocycles. The molecule has 0 amide bonds. The Morgan fingerprint density at radius 2 is 2.21 bits per heavy atom. The number of hydrogen-bond acceptors (Lipinski definition) is 3. The summed E-state index contributed by atoms with van der Waals surface area (Å²) in [4.78, 5) is 6.43. The molecule has 0 fully saturated rings. The Hall–Kier alpha value is -1.95. The molecule has 7 heteroatoms. The largest absolute Gasteiger partial charge is 0.361 e. The maximum atomic E-state index is 6.04. The van der Waals surface area contributed by atoms with Crippen LogP contribution in [-0.4, -0.2) is 41.2 Å².